The van der Waals surface area contributed by atoms with E-state index < -0.39 is 6.03 Å². The van der Waals surface area contributed by atoms with E-state index in [1.54, 1.807) is 36.7 Å². The lowest BCUT2D eigenvalue weighted by Crippen LogP contribution is -2.33. The van der Waals surface area contributed by atoms with Crippen LogP contribution in [0.2, 0.25) is 0 Å². The number of nitrogens with zero attached hydrogens (tertiary/aromatic N) is 4. The first-order valence-corrected chi connectivity index (χ1v) is 8.65. The second-order valence-corrected chi connectivity index (χ2v) is 6.44. The summed E-state index contributed by atoms with van der Waals surface area (Å²) in [5.41, 5.74) is 4.75. The van der Waals surface area contributed by atoms with Crippen molar-refractivity contribution in [3.8, 4) is 5.69 Å². The lowest BCUT2D eigenvalue weighted by molar-refractivity contribution is -0.111. The molecule has 1 aromatic carbocycles. The van der Waals surface area contributed by atoms with Crippen LogP contribution in [0.3, 0.4) is 0 Å². The highest BCUT2D eigenvalue weighted by Crippen LogP contribution is 2.24. The molecule has 27 heavy (non-hydrogen) atoms. The first-order chi connectivity index (χ1) is 13.1. The van der Waals surface area contributed by atoms with Crippen LogP contribution in [-0.4, -0.2) is 27.2 Å². The topological polar surface area (TPSA) is 67.6 Å². The summed E-state index contributed by atoms with van der Waals surface area (Å²) in [6, 6.07) is 14.2. The maximum absolute atomic E-state index is 12.8. The number of benzene rings is 1. The van der Waals surface area contributed by atoms with Crippen molar-refractivity contribution in [2.75, 3.05) is 4.90 Å². The third kappa shape index (κ3) is 2.95. The Balaban J connectivity index is 1.63. The van der Waals surface area contributed by atoms with Crippen molar-refractivity contribution in [3.63, 3.8) is 0 Å². The van der Waals surface area contributed by atoms with Crippen molar-refractivity contribution in [3.05, 3.63) is 77.9 Å². The number of urea groups is 1. The number of carbonyl (C=O) groups is 2. The minimum Gasteiger partial charge on any atom is -0.317 e. The molecule has 0 saturated carbocycles. The van der Waals surface area contributed by atoms with Gasteiger partial charge in [0.2, 0.25) is 0 Å². The predicted octanol–water partition coefficient (Wildman–Crippen LogP) is 3.64. The Labute approximate surface area is 156 Å². The van der Waals surface area contributed by atoms with Gasteiger partial charge in [-0.05, 0) is 49.7 Å². The first kappa shape index (κ1) is 16.9. The van der Waals surface area contributed by atoms with Crippen LogP contribution in [0, 0.1) is 13.8 Å². The maximum Gasteiger partial charge on any atom is 0.355 e. The molecule has 6 heteroatoms. The molecule has 0 fully saturated rings. The highest BCUT2D eigenvalue weighted by molar-refractivity contribution is 6.54. The minimum absolute atomic E-state index is 0.260. The highest BCUT2D eigenvalue weighted by atomic mass is 16.2. The SMILES string of the molecule is Cc1cc(CC2=NC(=O)N(c3ccccc3)C2=O)c(C)n1-c1cccnc1. The maximum atomic E-state index is 12.8. The number of para-hydroxylation sites is 1. The number of amides is 3. The molecule has 2 aromatic heterocycles. The Morgan fingerprint density at radius 3 is 2.41 bits per heavy atom. The van der Waals surface area contributed by atoms with Crippen molar-refractivity contribution < 1.29 is 9.59 Å². The summed E-state index contributed by atoms with van der Waals surface area (Å²) in [5, 5.41) is 0. The van der Waals surface area contributed by atoms with Crippen molar-refractivity contribution in [2.24, 2.45) is 4.99 Å². The molecule has 0 atom stereocenters. The molecule has 3 heterocycles. The first-order valence-electron chi connectivity index (χ1n) is 8.65. The summed E-state index contributed by atoms with van der Waals surface area (Å²) in [7, 11) is 0. The van der Waals surface area contributed by atoms with Gasteiger partial charge in [-0.2, -0.15) is 4.99 Å². The zero-order chi connectivity index (χ0) is 19.0. The summed E-state index contributed by atoms with van der Waals surface area (Å²) >= 11 is 0. The Bertz CT molecular complexity index is 1050. The number of carbonyl (C=O) groups excluding carboxylic acids is 2. The van der Waals surface area contributed by atoms with E-state index >= 15 is 0 Å². The van der Waals surface area contributed by atoms with Gasteiger partial charge in [0.1, 0.15) is 5.71 Å². The number of aryl methyl sites for hydroxylation is 1. The van der Waals surface area contributed by atoms with Gasteiger partial charge in [0.05, 0.1) is 17.6 Å². The minimum atomic E-state index is -0.540. The molecule has 1 aliphatic rings. The number of pyridine rings is 1. The Kier molecular flexibility index (Phi) is 4.16. The fourth-order valence-corrected chi connectivity index (χ4v) is 3.42. The van der Waals surface area contributed by atoms with Crippen molar-refractivity contribution in [2.45, 2.75) is 20.3 Å². The number of imide groups is 1. The van der Waals surface area contributed by atoms with E-state index in [0.29, 0.717) is 12.1 Å². The molecule has 0 aliphatic carbocycles. The number of hydrogen-bond acceptors (Lipinski definition) is 3. The van der Waals surface area contributed by atoms with Crippen LogP contribution in [0.4, 0.5) is 10.5 Å². The fraction of sp³-hybridized carbons (Fsp3) is 0.143. The molecule has 3 amide bonds. The fourth-order valence-electron chi connectivity index (χ4n) is 3.42. The van der Waals surface area contributed by atoms with Gasteiger partial charge in [0.15, 0.2) is 0 Å². The van der Waals surface area contributed by atoms with Crippen LogP contribution in [-0.2, 0) is 11.2 Å². The zero-order valence-corrected chi connectivity index (χ0v) is 15.1. The molecular weight excluding hydrogens is 340 g/mol. The Hall–Kier alpha value is -3.54. The smallest absolute Gasteiger partial charge is 0.317 e. The second kappa shape index (κ2) is 6.64. The van der Waals surface area contributed by atoms with Gasteiger partial charge in [-0.25, -0.2) is 9.69 Å². The monoisotopic (exact) mass is 358 g/mol. The third-order valence-corrected chi connectivity index (χ3v) is 4.68. The van der Waals surface area contributed by atoms with Gasteiger partial charge in [0.25, 0.3) is 5.91 Å². The third-order valence-electron chi connectivity index (χ3n) is 4.68. The van der Waals surface area contributed by atoms with E-state index in [1.807, 2.05) is 38.1 Å². The number of anilines is 1. The predicted molar refractivity (Wildman–Crippen MR) is 104 cm³/mol. The van der Waals surface area contributed by atoms with Crippen molar-refractivity contribution >= 4 is 23.3 Å². The van der Waals surface area contributed by atoms with E-state index in [2.05, 4.69) is 14.5 Å². The molecule has 1 aliphatic heterocycles. The Morgan fingerprint density at radius 1 is 0.963 bits per heavy atom. The number of rotatable bonds is 4. The number of aromatic nitrogens is 2. The van der Waals surface area contributed by atoms with Gasteiger partial charge in [-0.1, -0.05) is 18.2 Å². The van der Waals surface area contributed by atoms with Crippen LogP contribution >= 0.6 is 0 Å². The molecule has 0 radical (unpaired) electrons. The van der Waals surface area contributed by atoms with E-state index in [4.69, 9.17) is 0 Å². The summed E-state index contributed by atoms with van der Waals surface area (Å²) < 4.78 is 2.08. The molecular formula is C21H18N4O2. The van der Waals surface area contributed by atoms with Crippen LogP contribution in [0.1, 0.15) is 17.0 Å². The van der Waals surface area contributed by atoms with Gasteiger partial charge >= 0.3 is 6.03 Å². The summed E-state index contributed by atoms with van der Waals surface area (Å²) in [4.78, 5) is 34.3. The largest absolute Gasteiger partial charge is 0.355 e. The van der Waals surface area contributed by atoms with Crippen LogP contribution in [0.25, 0.3) is 5.69 Å². The normalized spacial score (nSPS) is 14.0. The summed E-state index contributed by atoms with van der Waals surface area (Å²) in [6.45, 7) is 4.00. The molecule has 6 nitrogen and oxygen atoms in total. The summed E-state index contributed by atoms with van der Waals surface area (Å²) in [5.74, 6) is -0.364. The lowest BCUT2D eigenvalue weighted by Gasteiger charge is -2.12. The molecule has 4 rings (SSSR count). The van der Waals surface area contributed by atoms with Crippen molar-refractivity contribution in [1.29, 1.82) is 0 Å². The van der Waals surface area contributed by atoms with Gasteiger partial charge < -0.3 is 4.57 Å². The van der Waals surface area contributed by atoms with Crippen LogP contribution in [0.15, 0.2) is 65.9 Å². The molecule has 0 saturated heterocycles. The average molecular weight is 358 g/mol. The van der Waals surface area contributed by atoms with E-state index in [1.165, 1.54) is 0 Å². The van der Waals surface area contributed by atoms with E-state index in [0.717, 1.165) is 27.5 Å². The van der Waals surface area contributed by atoms with Crippen molar-refractivity contribution in [1.82, 2.24) is 9.55 Å². The van der Waals surface area contributed by atoms with E-state index in [9.17, 15) is 9.59 Å². The summed E-state index contributed by atoms with van der Waals surface area (Å²) in [6.07, 6.45) is 3.84. The molecule has 0 unspecified atom stereocenters. The molecule has 134 valence electrons. The van der Waals surface area contributed by atoms with E-state index in [-0.39, 0.29) is 11.6 Å². The molecule has 0 bridgehead atoms. The standard InChI is InChI=1S/C21H18N4O2/c1-14-11-16(15(2)24(14)18-9-6-10-22-13-18)12-19-20(26)25(21(27)23-19)17-7-4-3-5-8-17/h3-11,13H,12H2,1-2H3. The highest BCUT2D eigenvalue weighted by Gasteiger charge is 2.34. The number of hydrogen-bond donors (Lipinski definition) is 0. The quantitative estimate of drug-likeness (QED) is 0.715. The Morgan fingerprint density at radius 2 is 1.70 bits per heavy atom. The second-order valence-electron chi connectivity index (χ2n) is 6.44. The lowest BCUT2D eigenvalue weighted by atomic mass is 10.1. The molecule has 3 aromatic rings. The molecule has 0 spiro atoms. The van der Waals surface area contributed by atoms with Crippen LogP contribution in [0.5, 0.6) is 0 Å². The molecule has 0 N–H and O–H groups in total. The van der Waals surface area contributed by atoms with Crippen LogP contribution < -0.4 is 4.90 Å². The van der Waals surface area contributed by atoms with Gasteiger partial charge in [-0.15, -0.1) is 0 Å². The number of aliphatic imine (C=N–C) groups is 1. The zero-order valence-electron chi connectivity index (χ0n) is 15.1. The average Bonchev–Trinajstić information content (AvgIpc) is 3.11. The van der Waals surface area contributed by atoms with Gasteiger partial charge in [-0.3, -0.25) is 9.78 Å². The van der Waals surface area contributed by atoms with Gasteiger partial charge in [0, 0.05) is 24.0 Å².